The van der Waals surface area contributed by atoms with Crippen LogP contribution in [0.25, 0.3) is 0 Å². The zero-order chi connectivity index (χ0) is 45.8. The van der Waals surface area contributed by atoms with E-state index in [-0.39, 0.29) is 31.1 Å². The fourth-order valence-electron chi connectivity index (χ4n) is 6.92. The molecule has 6 heteroatoms. The van der Waals surface area contributed by atoms with Crippen molar-refractivity contribution >= 4 is 17.9 Å². The first-order chi connectivity index (χ1) is 31.0. The van der Waals surface area contributed by atoms with E-state index in [0.717, 1.165) is 128 Å². The van der Waals surface area contributed by atoms with Crippen LogP contribution < -0.4 is 0 Å². The van der Waals surface area contributed by atoms with Gasteiger partial charge >= 0.3 is 17.9 Å². The van der Waals surface area contributed by atoms with Gasteiger partial charge in [0.2, 0.25) is 0 Å². The zero-order valence-corrected chi connectivity index (χ0v) is 41.1. The highest BCUT2D eigenvalue weighted by Crippen LogP contribution is 2.14. The molecule has 0 saturated heterocycles. The van der Waals surface area contributed by atoms with E-state index >= 15 is 0 Å². The van der Waals surface area contributed by atoms with Crippen LogP contribution in [0.4, 0.5) is 0 Å². The van der Waals surface area contributed by atoms with Gasteiger partial charge in [0.15, 0.2) is 6.10 Å². The number of unbranched alkanes of at least 4 members (excludes halogenated alkanes) is 21. The van der Waals surface area contributed by atoms with Crippen LogP contribution in [0, 0.1) is 0 Å². The predicted octanol–water partition coefficient (Wildman–Crippen LogP) is 17.2. The van der Waals surface area contributed by atoms with Crippen molar-refractivity contribution in [3.05, 3.63) is 85.1 Å². The largest absolute Gasteiger partial charge is 0.462 e. The third-order valence-corrected chi connectivity index (χ3v) is 10.8. The summed E-state index contributed by atoms with van der Waals surface area (Å²) in [7, 11) is 0. The summed E-state index contributed by atoms with van der Waals surface area (Å²) >= 11 is 0. The first-order valence-electron chi connectivity index (χ1n) is 26.1. The highest BCUT2D eigenvalue weighted by Gasteiger charge is 2.19. The van der Waals surface area contributed by atoms with Crippen LogP contribution >= 0.6 is 0 Å². The second-order valence-corrected chi connectivity index (χ2v) is 17.0. The van der Waals surface area contributed by atoms with Crippen LogP contribution in [0.5, 0.6) is 0 Å². The van der Waals surface area contributed by atoms with Gasteiger partial charge < -0.3 is 14.2 Å². The number of ether oxygens (including phenoxy) is 3. The van der Waals surface area contributed by atoms with E-state index in [2.05, 4.69) is 106 Å². The molecule has 0 saturated carbocycles. The average molecular weight is 877 g/mol. The Kier molecular flexibility index (Phi) is 48.5. The molecule has 0 radical (unpaired) electrons. The predicted molar refractivity (Wildman–Crippen MR) is 270 cm³/mol. The lowest BCUT2D eigenvalue weighted by molar-refractivity contribution is -0.167. The van der Waals surface area contributed by atoms with Crippen LogP contribution in [0.1, 0.15) is 239 Å². The van der Waals surface area contributed by atoms with Crippen LogP contribution in [0.2, 0.25) is 0 Å². The summed E-state index contributed by atoms with van der Waals surface area (Å²) < 4.78 is 16.8. The molecule has 6 nitrogen and oxygen atoms in total. The van der Waals surface area contributed by atoms with E-state index in [1.807, 2.05) is 0 Å². The Morgan fingerprint density at radius 2 is 0.651 bits per heavy atom. The second kappa shape index (κ2) is 51.2. The monoisotopic (exact) mass is 877 g/mol. The van der Waals surface area contributed by atoms with Crippen molar-refractivity contribution in [1.82, 2.24) is 0 Å². The molecule has 0 aliphatic heterocycles. The molecule has 360 valence electrons. The standard InChI is InChI=1S/C57H96O6/c1-4-7-10-13-16-19-22-24-25-26-27-28-29-30-31-33-35-38-41-44-47-50-56(59)62-53-54(52-61-55(58)49-46-43-40-37-34-21-18-15-12-9-6-3)63-57(60)51-48-45-42-39-36-32-23-20-17-14-11-8-5-2/h7,10-11,14-16,18-20,23-25,27-28,54H,4-6,8-9,12-13,17,21-22,26,29-53H2,1-3H3/b10-7-,14-11-,18-15-,19-16-,23-20-,25-24-,28-27-. The van der Waals surface area contributed by atoms with Crippen molar-refractivity contribution in [1.29, 1.82) is 0 Å². The number of carbonyl (C=O) groups is 3. The van der Waals surface area contributed by atoms with E-state index in [1.54, 1.807) is 0 Å². The van der Waals surface area contributed by atoms with Gasteiger partial charge in [-0.1, -0.05) is 202 Å². The molecule has 0 aliphatic carbocycles. The number of carbonyl (C=O) groups excluding carboxylic acids is 3. The van der Waals surface area contributed by atoms with Gasteiger partial charge in [0, 0.05) is 19.3 Å². The van der Waals surface area contributed by atoms with Crippen molar-refractivity contribution in [2.45, 2.75) is 245 Å². The lowest BCUT2D eigenvalue weighted by Crippen LogP contribution is -2.30. The second-order valence-electron chi connectivity index (χ2n) is 17.0. The molecule has 0 aromatic heterocycles. The van der Waals surface area contributed by atoms with Gasteiger partial charge in [-0.15, -0.1) is 0 Å². The molecule has 0 aliphatic rings. The molecule has 0 spiro atoms. The Morgan fingerprint density at radius 3 is 1.05 bits per heavy atom. The Bertz CT molecular complexity index is 1240. The molecule has 1 atom stereocenters. The van der Waals surface area contributed by atoms with Crippen molar-refractivity contribution in [2.24, 2.45) is 0 Å². The Balaban J connectivity index is 4.35. The van der Waals surface area contributed by atoms with E-state index in [9.17, 15) is 14.4 Å². The summed E-state index contributed by atoms with van der Waals surface area (Å²) in [5.74, 6) is -0.923. The Labute approximate surface area is 388 Å². The molecule has 0 N–H and O–H groups in total. The van der Waals surface area contributed by atoms with E-state index < -0.39 is 6.10 Å². The van der Waals surface area contributed by atoms with Crippen LogP contribution in [-0.4, -0.2) is 37.2 Å². The lowest BCUT2D eigenvalue weighted by Gasteiger charge is -2.18. The normalized spacial score (nSPS) is 12.7. The number of esters is 3. The fourth-order valence-corrected chi connectivity index (χ4v) is 6.92. The molecule has 0 fully saturated rings. The summed E-state index contributed by atoms with van der Waals surface area (Å²) in [5, 5.41) is 0. The summed E-state index contributed by atoms with van der Waals surface area (Å²) in [6, 6.07) is 0. The van der Waals surface area contributed by atoms with Crippen molar-refractivity contribution < 1.29 is 28.6 Å². The minimum Gasteiger partial charge on any atom is -0.462 e. The molecule has 0 bridgehead atoms. The Hall–Kier alpha value is -3.41. The van der Waals surface area contributed by atoms with E-state index in [0.29, 0.717) is 19.3 Å². The van der Waals surface area contributed by atoms with E-state index in [1.165, 1.54) is 70.6 Å². The minimum atomic E-state index is -0.790. The highest BCUT2D eigenvalue weighted by atomic mass is 16.6. The van der Waals surface area contributed by atoms with Crippen molar-refractivity contribution in [3.8, 4) is 0 Å². The number of hydrogen-bond acceptors (Lipinski definition) is 6. The molecule has 63 heavy (non-hydrogen) atoms. The maximum absolute atomic E-state index is 12.8. The van der Waals surface area contributed by atoms with Gasteiger partial charge in [-0.25, -0.2) is 0 Å². The Morgan fingerprint density at radius 1 is 0.333 bits per heavy atom. The molecule has 1 unspecified atom stereocenters. The lowest BCUT2D eigenvalue weighted by atomic mass is 10.1. The topological polar surface area (TPSA) is 78.9 Å². The maximum atomic E-state index is 12.8. The summed E-state index contributed by atoms with van der Waals surface area (Å²) in [5.41, 5.74) is 0. The molecular formula is C57H96O6. The van der Waals surface area contributed by atoms with Gasteiger partial charge in [-0.05, 0) is 103 Å². The van der Waals surface area contributed by atoms with E-state index in [4.69, 9.17) is 14.2 Å². The van der Waals surface area contributed by atoms with Crippen molar-refractivity contribution in [3.63, 3.8) is 0 Å². The molecule has 0 rings (SSSR count). The quantitative estimate of drug-likeness (QED) is 0.0262. The molecule has 0 aromatic rings. The van der Waals surface area contributed by atoms with Crippen LogP contribution in [0.15, 0.2) is 85.1 Å². The van der Waals surface area contributed by atoms with Crippen LogP contribution in [-0.2, 0) is 28.6 Å². The van der Waals surface area contributed by atoms with Gasteiger partial charge in [0.1, 0.15) is 13.2 Å². The third kappa shape index (κ3) is 49.5. The number of allylic oxidation sites excluding steroid dienone is 14. The average Bonchev–Trinajstić information content (AvgIpc) is 3.28. The maximum Gasteiger partial charge on any atom is 0.306 e. The summed E-state index contributed by atoms with van der Waals surface area (Å²) in [6.07, 6.45) is 65.7. The van der Waals surface area contributed by atoms with Gasteiger partial charge in [0.25, 0.3) is 0 Å². The zero-order valence-electron chi connectivity index (χ0n) is 41.1. The van der Waals surface area contributed by atoms with Crippen molar-refractivity contribution in [2.75, 3.05) is 13.2 Å². The molecule has 0 heterocycles. The third-order valence-electron chi connectivity index (χ3n) is 10.8. The highest BCUT2D eigenvalue weighted by molar-refractivity contribution is 5.71. The van der Waals surface area contributed by atoms with Gasteiger partial charge in [-0.3, -0.25) is 14.4 Å². The summed E-state index contributed by atoms with van der Waals surface area (Å²) in [4.78, 5) is 37.9. The summed E-state index contributed by atoms with van der Waals surface area (Å²) in [6.45, 7) is 6.39. The van der Waals surface area contributed by atoms with Gasteiger partial charge in [0.05, 0.1) is 0 Å². The number of hydrogen-bond donors (Lipinski definition) is 0. The first kappa shape index (κ1) is 59.6. The molecular weight excluding hydrogens is 781 g/mol. The minimum absolute atomic E-state index is 0.0897. The molecule has 0 aromatic carbocycles. The smallest absolute Gasteiger partial charge is 0.306 e. The van der Waals surface area contributed by atoms with Crippen LogP contribution in [0.3, 0.4) is 0 Å². The number of rotatable bonds is 46. The molecule has 0 amide bonds. The van der Waals surface area contributed by atoms with Gasteiger partial charge in [-0.2, -0.15) is 0 Å². The first-order valence-corrected chi connectivity index (χ1v) is 26.1. The SMILES string of the molecule is CC/C=C\C/C=C\C/C=C\C/C=C\CCCCCCCCCCC(=O)OCC(COC(=O)CCCCCCC/C=C\CCCC)OC(=O)CCCCCCC/C=C\C/C=C\CCC. The fraction of sp³-hybridized carbons (Fsp3) is 0.702.